The van der Waals surface area contributed by atoms with Gasteiger partial charge in [0.25, 0.3) is 0 Å². The summed E-state index contributed by atoms with van der Waals surface area (Å²) in [6.07, 6.45) is 0.784. The van der Waals surface area contributed by atoms with Gasteiger partial charge in [-0.1, -0.05) is 91.0 Å². The summed E-state index contributed by atoms with van der Waals surface area (Å²) in [5.41, 5.74) is 4.82. The van der Waals surface area contributed by atoms with Crippen LogP contribution in [0.25, 0.3) is 0 Å². The van der Waals surface area contributed by atoms with Crippen molar-refractivity contribution in [3.63, 3.8) is 0 Å². The van der Waals surface area contributed by atoms with Crippen LogP contribution in [0.5, 0.6) is 0 Å². The largest absolute Gasteiger partial charge is 0.322 e. The highest BCUT2D eigenvalue weighted by molar-refractivity contribution is 5.89. The Morgan fingerprint density at radius 1 is 0.765 bits per heavy atom. The van der Waals surface area contributed by atoms with Crippen LogP contribution in [0.2, 0.25) is 0 Å². The third-order valence-corrected chi connectivity index (χ3v) is 5.86. The van der Waals surface area contributed by atoms with E-state index in [4.69, 9.17) is 5.26 Å². The molecule has 4 heteroatoms. The van der Waals surface area contributed by atoms with Crippen LogP contribution in [-0.2, 0) is 6.54 Å². The first kappa shape index (κ1) is 22.8. The maximum Gasteiger partial charge on any atom is 0.322 e. The highest BCUT2D eigenvalue weighted by Crippen LogP contribution is 2.28. The molecule has 4 aromatic rings. The van der Waals surface area contributed by atoms with Gasteiger partial charge >= 0.3 is 6.03 Å². The predicted molar refractivity (Wildman–Crippen MR) is 136 cm³/mol. The number of nitriles is 1. The lowest BCUT2D eigenvalue weighted by Crippen LogP contribution is -2.36. The number of amides is 2. The van der Waals surface area contributed by atoms with E-state index < -0.39 is 0 Å². The average molecular weight is 446 g/mol. The van der Waals surface area contributed by atoms with Gasteiger partial charge in [0.2, 0.25) is 0 Å². The van der Waals surface area contributed by atoms with Crippen molar-refractivity contribution in [1.82, 2.24) is 4.90 Å². The monoisotopic (exact) mass is 445 g/mol. The molecule has 168 valence electrons. The van der Waals surface area contributed by atoms with Gasteiger partial charge in [0, 0.05) is 24.7 Å². The molecule has 0 aliphatic rings. The van der Waals surface area contributed by atoms with Crippen LogP contribution in [0.15, 0.2) is 115 Å². The van der Waals surface area contributed by atoms with Gasteiger partial charge < -0.3 is 10.2 Å². The topological polar surface area (TPSA) is 56.1 Å². The standard InChI is InChI=1S/C30H27N3O/c31-22-24-16-18-25(19-17-24)23-33(30(34)32-28-14-8-3-9-15-28)21-20-29(26-10-4-1-5-11-26)27-12-6-2-7-13-27/h1-19,29H,20-21,23H2,(H,32,34). The van der Waals surface area contributed by atoms with E-state index in [0.717, 1.165) is 17.7 Å². The van der Waals surface area contributed by atoms with Crippen LogP contribution in [0, 0.1) is 11.3 Å². The van der Waals surface area contributed by atoms with Crippen molar-refractivity contribution in [3.05, 3.63) is 138 Å². The van der Waals surface area contributed by atoms with Gasteiger partial charge in [-0.15, -0.1) is 0 Å². The third-order valence-electron chi connectivity index (χ3n) is 5.86. The quantitative estimate of drug-likeness (QED) is 0.324. The first-order chi connectivity index (χ1) is 16.7. The van der Waals surface area contributed by atoms with Crippen molar-refractivity contribution in [2.75, 3.05) is 11.9 Å². The molecule has 0 bridgehead atoms. The Balaban J connectivity index is 1.56. The molecule has 0 heterocycles. The number of carbonyl (C=O) groups is 1. The highest BCUT2D eigenvalue weighted by atomic mass is 16.2. The Morgan fingerprint density at radius 2 is 1.29 bits per heavy atom. The van der Waals surface area contributed by atoms with Gasteiger partial charge in [0.05, 0.1) is 11.6 Å². The first-order valence-electron chi connectivity index (χ1n) is 11.4. The molecule has 0 aromatic heterocycles. The zero-order valence-corrected chi connectivity index (χ0v) is 19.0. The number of nitrogens with one attached hydrogen (secondary N) is 1. The fourth-order valence-electron chi connectivity index (χ4n) is 4.06. The molecule has 0 radical (unpaired) electrons. The molecule has 0 fully saturated rings. The molecule has 2 amide bonds. The summed E-state index contributed by atoms with van der Waals surface area (Å²) in [5.74, 6) is 0.176. The number of benzene rings is 4. The number of nitrogens with zero attached hydrogens (tertiary/aromatic N) is 2. The summed E-state index contributed by atoms with van der Waals surface area (Å²) in [5, 5.41) is 12.1. The Bertz CT molecular complexity index is 1180. The molecule has 0 atom stereocenters. The molecule has 0 aliphatic heterocycles. The molecule has 4 aromatic carbocycles. The number of rotatable bonds is 8. The maximum absolute atomic E-state index is 13.3. The molecule has 0 unspecified atom stereocenters. The number of anilines is 1. The van der Waals surface area contributed by atoms with Crippen molar-refractivity contribution in [2.24, 2.45) is 0 Å². The van der Waals surface area contributed by atoms with Gasteiger partial charge in [0.1, 0.15) is 0 Å². The summed E-state index contributed by atoms with van der Waals surface area (Å²) >= 11 is 0. The molecule has 4 nitrogen and oxygen atoms in total. The molecule has 34 heavy (non-hydrogen) atoms. The van der Waals surface area contributed by atoms with Crippen molar-refractivity contribution >= 4 is 11.7 Å². The molecule has 0 saturated heterocycles. The van der Waals surface area contributed by atoms with E-state index in [-0.39, 0.29) is 11.9 Å². The second-order valence-corrected chi connectivity index (χ2v) is 8.19. The SMILES string of the molecule is N#Cc1ccc(CN(CCC(c2ccccc2)c2ccccc2)C(=O)Nc2ccccc2)cc1. The number of urea groups is 1. The van der Waals surface area contributed by atoms with E-state index in [1.165, 1.54) is 11.1 Å². The van der Waals surface area contributed by atoms with Gasteiger partial charge in [-0.25, -0.2) is 4.79 Å². The minimum atomic E-state index is -0.143. The maximum atomic E-state index is 13.3. The van der Waals surface area contributed by atoms with E-state index in [2.05, 4.69) is 59.9 Å². The van der Waals surface area contributed by atoms with Crippen LogP contribution in [-0.4, -0.2) is 17.5 Å². The van der Waals surface area contributed by atoms with E-state index in [1.54, 1.807) is 12.1 Å². The highest BCUT2D eigenvalue weighted by Gasteiger charge is 2.19. The lowest BCUT2D eigenvalue weighted by molar-refractivity contribution is 0.207. The Hall–Kier alpha value is -4.36. The van der Waals surface area contributed by atoms with E-state index in [1.807, 2.05) is 59.5 Å². The lowest BCUT2D eigenvalue weighted by Gasteiger charge is -2.26. The summed E-state index contributed by atoms with van der Waals surface area (Å²) in [7, 11) is 0. The lowest BCUT2D eigenvalue weighted by atomic mass is 9.88. The number of hydrogen-bond donors (Lipinski definition) is 1. The number of para-hydroxylation sites is 1. The molecule has 0 spiro atoms. The van der Waals surface area contributed by atoms with E-state index in [9.17, 15) is 4.79 Å². The molecule has 1 N–H and O–H groups in total. The van der Waals surface area contributed by atoms with Crippen molar-refractivity contribution in [2.45, 2.75) is 18.9 Å². The van der Waals surface area contributed by atoms with E-state index >= 15 is 0 Å². The molecule has 0 saturated carbocycles. The normalized spacial score (nSPS) is 10.5. The van der Waals surface area contributed by atoms with Gasteiger partial charge in [0.15, 0.2) is 0 Å². The second kappa shape index (κ2) is 11.5. The third kappa shape index (κ3) is 6.11. The smallest absolute Gasteiger partial charge is 0.320 e. The van der Waals surface area contributed by atoms with E-state index in [0.29, 0.717) is 18.7 Å². The Kier molecular flexibility index (Phi) is 7.71. The molecule has 0 aliphatic carbocycles. The summed E-state index contributed by atoms with van der Waals surface area (Å²) in [6.45, 7) is 1.04. The zero-order chi connectivity index (χ0) is 23.6. The van der Waals surface area contributed by atoms with Gasteiger partial charge in [-0.05, 0) is 47.4 Å². The zero-order valence-electron chi connectivity index (χ0n) is 19.0. The molecular weight excluding hydrogens is 418 g/mol. The van der Waals surface area contributed by atoms with Crippen LogP contribution < -0.4 is 5.32 Å². The van der Waals surface area contributed by atoms with Crippen molar-refractivity contribution < 1.29 is 4.79 Å². The van der Waals surface area contributed by atoms with Crippen LogP contribution in [0.3, 0.4) is 0 Å². The fraction of sp³-hybridized carbons (Fsp3) is 0.133. The van der Waals surface area contributed by atoms with Crippen LogP contribution in [0.1, 0.15) is 34.6 Å². The minimum absolute atomic E-state index is 0.143. The molecule has 4 rings (SSSR count). The number of carbonyl (C=O) groups excluding carboxylic acids is 1. The van der Waals surface area contributed by atoms with Gasteiger partial charge in [-0.3, -0.25) is 0 Å². The summed E-state index contributed by atoms with van der Waals surface area (Å²) < 4.78 is 0. The van der Waals surface area contributed by atoms with Crippen LogP contribution in [0.4, 0.5) is 10.5 Å². The second-order valence-electron chi connectivity index (χ2n) is 8.19. The van der Waals surface area contributed by atoms with Crippen molar-refractivity contribution in [3.8, 4) is 6.07 Å². The summed E-state index contributed by atoms with van der Waals surface area (Å²) in [6, 6.07) is 39.8. The fourth-order valence-corrected chi connectivity index (χ4v) is 4.06. The molecular formula is C30H27N3O. The Labute approximate surface area is 201 Å². The van der Waals surface area contributed by atoms with Crippen LogP contribution >= 0.6 is 0 Å². The summed E-state index contributed by atoms with van der Waals surface area (Å²) in [4.78, 5) is 15.1. The predicted octanol–water partition coefficient (Wildman–Crippen LogP) is 6.81. The number of hydrogen-bond acceptors (Lipinski definition) is 2. The minimum Gasteiger partial charge on any atom is -0.320 e. The average Bonchev–Trinajstić information content (AvgIpc) is 2.90. The Morgan fingerprint density at radius 3 is 1.82 bits per heavy atom. The first-order valence-corrected chi connectivity index (χ1v) is 11.4. The van der Waals surface area contributed by atoms with Gasteiger partial charge in [-0.2, -0.15) is 5.26 Å². The van der Waals surface area contributed by atoms with Crippen molar-refractivity contribution in [1.29, 1.82) is 5.26 Å².